The zero-order valence-electron chi connectivity index (χ0n) is 9.79. The van der Waals surface area contributed by atoms with Gasteiger partial charge in [-0.25, -0.2) is 9.19 Å². The van der Waals surface area contributed by atoms with E-state index in [1.165, 1.54) is 4.09 Å². The molecular formula is C11H12N4O2S. The highest BCUT2D eigenvalue weighted by molar-refractivity contribution is 7.83. The summed E-state index contributed by atoms with van der Waals surface area (Å²) in [6.07, 6.45) is 3.36. The summed E-state index contributed by atoms with van der Waals surface area (Å²) in [5, 5.41) is 7.49. The Morgan fingerprint density at radius 2 is 2.33 bits per heavy atom. The monoisotopic (exact) mass is 264 g/mol. The third-order valence-corrected chi connectivity index (χ3v) is 3.93. The molecule has 3 rings (SSSR count). The van der Waals surface area contributed by atoms with E-state index in [-0.39, 0.29) is 0 Å². The first kappa shape index (κ1) is 11.4. The molecule has 1 aliphatic rings. The number of pyridine rings is 1. The maximum absolute atomic E-state index is 12.3. The van der Waals surface area contributed by atoms with Crippen LogP contribution in [0.4, 0.5) is 0 Å². The van der Waals surface area contributed by atoms with Crippen molar-refractivity contribution in [3.63, 3.8) is 0 Å². The zero-order chi connectivity index (χ0) is 12.5. The Labute approximate surface area is 107 Å². The Morgan fingerprint density at radius 1 is 1.44 bits per heavy atom. The van der Waals surface area contributed by atoms with Gasteiger partial charge in [0.15, 0.2) is 11.0 Å². The largest absolute Gasteiger partial charge is 0.481 e. The van der Waals surface area contributed by atoms with Crippen LogP contribution < -0.4 is 10.1 Å². The Bertz CT molecular complexity index is 572. The van der Waals surface area contributed by atoms with E-state index in [4.69, 9.17) is 4.74 Å². The van der Waals surface area contributed by atoms with E-state index >= 15 is 0 Å². The van der Waals surface area contributed by atoms with E-state index in [0.29, 0.717) is 10.8 Å². The molecule has 3 heterocycles. The summed E-state index contributed by atoms with van der Waals surface area (Å²) in [6, 6.07) is 3.42. The Kier molecular flexibility index (Phi) is 2.85. The van der Waals surface area contributed by atoms with Crippen LogP contribution in [0, 0.1) is 0 Å². The second-order valence-corrected chi connectivity index (χ2v) is 5.24. The van der Waals surface area contributed by atoms with Crippen LogP contribution in [0.2, 0.25) is 0 Å². The number of aromatic nitrogens is 3. The van der Waals surface area contributed by atoms with Crippen molar-refractivity contribution in [2.24, 2.45) is 0 Å². The van der Waals surface area contributed by atoms with Gasteiger partial charge in [-0.3, -0.25) is 0 Å². The van der Waals surface area contributed by atoms with Crippen LogP contribution in [0.15, 0.2) is 29.4 Å². The van der Waals surface area contributed by atoms with Crippen LogP contribution in [-0.4, -0.2) is 25.5 Å². The SMILES string of the molecule is COc1ccc(S(=O)n2cc3c(n2)CNC3)cn1. The van der Waals surface area contributed by atoms with Crippen LogP contribution in [-0.2, 0) is 24.1 Å². The quantitative estimate of drug-likeness (QED) is 0.872. The number of fused-ring (bicyclic) bond motifs is 1. The van der Waals surface area contributed by atoms with Gasteiger partial charge in [-0.05, 0) is 6.07 Å². The summed E-state index contributed by atoms with van der Waals surface area (Å²) in [5.41, 5.74) is 2.06. The Morgan fingerprint density at radius 3 is 3.00 bits per heavy atom. The standard InChI is InChI=1S/C11H12N4O2S/c1-17-11-3-2-9(5-13-11)18(16)15-7-8-4-12-6-10(8)14-15/h2-3,5,7,12H,4,6H2,1H3. The van der Waals surface area contributed by atoms with Crippen molar-refractivity contribution < 1.29 is 8.95 Å². The van der Waals surface area contributed by atoms with E-state index in [2.05, 4.69) is 15.4 Å². The minimum atomic E-state index is -1.35. The normalized spacial score (nSPS) is 15.4. The molecule has 0 aliphatic carbocycles. The number of nitrogens with zero attached hydrogens (tertiary/aromatic N) is 3. The van der Waals surface area contributed by atoms with Gasteiger partial charge in [0, 0.05) is 37.1 Å². The molecule has 1 aliphatic heterocycles. The Hall–Kier alpha value is -1.73. The average molecular weight is 264 g/mol. The lowest BCUT2D eigenvalue weighted by Gasteiger charge is -2.03. The third-order valence-electron chi connectivity index (χ3n) is 2.75. The van der Waals surface area contributed by atoms with Gasteiger partial charge in [0.25, 0.3) is 0 Å². The molecule has 0 radical (unpaired) electrons. The summed E-state index contributed by atoms with van der Waals surface area (Å²) in [5.74, 6) is 0.503. The molecule has 0 spiro atoms. The molecule has 18 heavy (non-hydrogen) atoms. The summed E-state index contributed by atoms with van der Waals surface area (Å²) in [4.78, 5) is 4.64. The first-order valence-corrected chi connectivity index (χ1v) is 6.59. The summed E-state index contributed by atoms with van der Waals surface area (Å²) >= 11 is 0. The van der Waals surface area contributed by atoms with Gasteiger partial charge in [0.05, 0.1) is 17.7 Å². The van der Waals surface area contributed by atoms with Crippen molar-refractivity contribution in [2.75, 3.05) is 7.11 Å². The molecule has 0 aromatic carbocycles. The second kappa shape index (κ2) is 4.51. The predicted molar refractivity (Wildman–Crippen MR) is 65.4 cm³/mol. The van der Waals surface area contributed by atoms with Crippen molar-refractivity contribution >= 4 is 11.0 Å². The number of nitrogens with one attached hydrogen (secondary N) is 1. The van der Waals surface area contributed by atoms with Crippen molar-refractivity contribution in [2.45, 2.75) is 18.0 Å². The van der Waals surface area contributed by atoms with Crippen LogP contribution in [0.25, 0.3) is 0 Å². The first-order valence-electron chi connectivity index (χ1n) is 5.48. The molecule has 2 aromatic heterocycles. The fourth-order valence-electron chi connectivity index (χ4n) is 1.82. The fraction of sp³-hybridized carbons (Fsp3) is 0.273. The highest BCUT2D eigenvalue weighted by Gasteiger charge is 2.17. The molecule has 7 heteroatoms. The lowest BCUT2D eigenvalue weighted by Crippen LogP contribution is -2.09. The fourth-order valence-corrected chi connectivity index (χ4v) is 2.75. The first-order chi connectivity index (χ1) is 8.78. The smallest absolute Gasteiger partial charge is 0.212 e. The molecule has 1 N–H and O–H groups in total. The zero-order valence-corrected chi connectivity index (χ0v) is 10.6. The van der Waals surface area contributed by atoms with Gasteiger partial charge in [-0.2, -0.15) is 9.19 Å². The van der Waals surface area contributed by atoms with Gasteiger partial charge in [-0.1, -0.05) is 0 Å². The van der Waals surface area contributed by atoms with Crippen molar-refractivity contribution in [3.8, 4) is 5.88 Å². The summed E-state index contributed by atoms with van der Waals surface area (Å²) in [7, 11) is 0.191. The number of rotatable bonds is 3. The molecule has 2 aromatic rings. The predicted octanol–water partition coefficient (Wildman–Crippen LogP) is 0.461. The maximum Gasteiger partial charge on any atom is 0.212 e. The van der Waals surface area contributed by atoms with E-state index in [1.54, 1.807) is 25.4 Å². The highest BCUT2D eigenvalue weighted by atomic mass is 32.2. The van der Waals surface area contributed by atoms with Crippen molar-refractivity contribution in [3.05, 3.63) is 35.8 Å². The molecular weight excluding hydrogens is 252 g/mol. The molecule has 0 saturated heterocycles. The van der Waals surface area contributed by atoms with Crippen molar-refractivity contribution in [1.29, 1.82) is 0 Å². The van der Waals surface area contributed by atoms with E-state index in [1.807, 2.05) is 6.20 Å². The molecule has 1 unspecified atom stereocenters. The number of hydrogen-bond donors (Lipinski definition) is 1. The lowest BCUT2D eigenvalue weighted by molar-refractivity contribution is 0.397. The lowest BCUT2D eigenvalue weighted by atomic mass is 10.3. The average Bonchev–Trinajstić information content (AvgIpc) is 2.99. The van der Waals surface area contributed by atoms with Gasteiger partial charge in [0.2, 0.25) is 5.88 Å². The minimum Gasteiger partial charge on any atom is -0.481 e. The van der Waals surface area contributed by atoms with Crippen LogP contribution in [0.5, 0.6) is 5.88 Å². The number of ether oxygens (including phenoxy) is 1. The second-order valence-electron chi connectivity index (χ2n) is 3.89. The van der Waals surface area contributed by atoms with Crippen LogP contribution in [0.3, 0.4) is 0 Å². The molecule has 0 fully saturated rings. The molecule has 0 bridgehead atoms. The highest BCUT2D eigenvalue weighted by Crippen LogP contribution is 2.16. The Balaban J connectivity index is 1.88. The minimum absolute atomic E-state index is 0.503. The van der Waals surface area contributed by atoms with Crippen LogP contribution >= 0.6 is 0 Å². The molecule has 1 atom stereocenters. The molecule has 94 valence electrons. The summed E-state index contributed by atoms with van der Waals surface area (Å²) in [6.45, 7) is 1.52. The molecule has 6 nitrogen and oxygen atoms in total. The molecule has 0 saturated carbocycles. The van der Waals surface area contributed by atoms with Crippen LogP contribution in [0.1, 0.15) is 11.3 Å². The maximum atomic E-state index is 12.3. The third kappa shape index (κ3) is 1.91. The molecule has 0 amide bonds. The van der Waals surface area contributed by atoms with Crippen molar-refractivity contribution in [1.82, 2.24) is 19.5 Å². The summed E-state index contributed by atoms with van der Waals surface area (Å²) < 4.78 is 18.7. The van der Waals surface area contributed by atoms with E-state index < -0.39 is 11.0 Å². The van der Waals surface area contributed by atoms with Gasteiger partial charge >= 0.3 is 0 Å². The van der Waals surface area contributed by atoms with E-state index in [0.717, 1.165) is 24.3 Å². The van der Waals surface area contributed by atoms with E-state index in [9.17, 15) is 4.21 Å². The van der Waals surface area contributed by atoms with Gasteiger partial charge in [0.1, 0.15) is 0 Å². The van der Waals surface area contributed by atoms with Gasteiger partial charge < -0.3 is 10.1 Å². The van der Waals surface area contributed by atoms with Gasteiger partial charge in [-0.15, -0.1) is 0 Å². The number of methoxy groups -OCH3 is 1. The topological polar surface area (TPSA) is 69.0 Å². The number of hydrogen-bond acceptors (Lipinski definition) is 5.